The smallest absolute Gasteiger partial charge is 0.224 e. The van der Waals surface area contributed by atoms with E-state index in [2.05, 4.69) is 53.3 Å². The average molecular weight is 328 g/mol. The highest BCUT2D eigenvalue weighted by atomic mass is 16.5. The lowest BCUT2D eigenvalue weighted by Crippen LogP contribution is -2.15. The van der Waals surface area contributed by atoms with Gasteiger partial charge >= 0.3 is 0 Å². The van der Waals surface area contributed by atoms with Crippen LogP contribution in [0.25, 0.3) is 0 Å². The Balaban J connectivity index is 1.98. The van der Waals surface area contributed by atoms with Crippen LogP contribution in [-0.2, 0) is 9.47 Å². The molecule has 2 aliphatic heterocycles. The molecule has 0 spiro atoms. The van der Waals surface area contributed by atoms with Gasteiger partial charge in [-0.2, -0.15) is 0 Å². The summed E-state index contributed by atoms with van der Waals surface area (Å²) in [4.78, 5) is 9.51. The number of hydrogen-bond donors (Lipinski definition) is 0. The van der Waals surface area contributed by atoms with Gasteiger partial charge in [-0.05, 0) is 24.3 Å². The second-order valence-electron chi connectivity index (χ2n) is 7.67. The van der Waals surface area contributed by atoms with Crippen molar-refractivity contribution in [3.63, 3.8) is 0 Å². The standard InChI is InChI=1S/C20H28N2O2/c1-11(2)17-9-23-19(21-17)15-8-16(14(6)7-13(15)5)20-22-18(10-24-20)12(3)4/h7,11-13,17-18H,9-10H2,1-6H3/t13?,17-,18-/m1/s1. The summed E-state index contributed by atoms with van der Waals surface area (Å²) in [5, 5.41) is 0. The van der Waals surface area contributed by atoms with Crippen molar-refractivity contribution in [2.45, 2.75) is 53.6 Å². The molecular weight excluding hydrogens is 300 g/mol. The molecule has 4 nitrogen and oxygen atoms in total. The molecule has 0 saturated heterocycles. The summed E-state index contributed by atoms with van der Waals surface area (Å²) in [5.41, 5.74) is 6.63. The highest BCUT2D eigenvalue weighted by Gasteiger charge is 2.30. The summed E-state index contributed by atoms with van der Waals surface area (Å²) in [6.07, 6.45) is 2.23. The lowest BCUT2D eigenvalue weighted by molar-refractivity contribution is 0.290. The van der Waals surface area contributed by atoms with Crippen LogP contribution < -0.4 is 0 Å². The van der Waals surface area contributed by atoms with E-state index in [0.717, 1.165) is 22.6 Å². The molecule has 24 heavy (non-hydrogen) atoms. The number of nitrogens with zero attached hydrogens (tertiary/aromatic N) is 2. The van der Waals surface area contributed by atoms with Gasteiger partial charge in [0.25, 0.3) is 0 Å². The van der Waals surface area contributed by atoms with Crippen LogP contribution in [0.4, 0.5) is 0 Å². The first-order valence-electron chi connectivity index (χ1n) is 8.98. The van der Waals surface area contributed by atoms with Crippen LogP contribution in [0.15, 0.2) is 38.5 Å². The van der Waals surface area contributed by atoms with Gasteiger partial charge in [-0.1, -0.05) is 46.4 Å². The van der Waals surface area contributed by atoms with Crippen LogP contribution in [0.1, 0.15) is 41.5 Å². The monoisotopic (exact) mass is 328 g/mol. The number of rotatable bonds is 4. The Morgan fingerprint density at radius 1 is 1.00 bits per heavy atom. The zero-order valence-electron chi connectivity index (χ0n) is 15.6. The zero-order chi connectivity index (χ0) is 17.4. The first kappa shape index (κ1) is 17.0. The number of hydrogen-bond acceptors (Lipinski definition) is 4. The van der Waals surface area contributed by atoms with Gasteiger partial charge in [0.1, 0.15) is 13.2 Å². The van der Waals surface area contributed by atoms with Crippen LogP contribution in [-0.4, -0.2) is 37.1 Å². The molecule has 0 aromatic heterocycles. The SMILES string of the molecule is CC1=CC(C)C(C2=N[C@@H](C(C)C)CO2)=C=C1C1=N[C@@H](C(C)C)CO1. The topological polar surface area (TPSA) is 43.2 Å². The third-order valence-electron chi connectivity index (χ3n) is 4.94. The molecule has 3 rings (SSSR count). The van der Waals surface area contributed by atoms with Crippen LogP contribution in [0, 0.1) is 17.8 Å². The summed E-state index contributed by atoms with van der Waals surface area (Å²) in [7, 11) is 0. The van der Waals surface area contributed by atoms with E-state index in [9.17, 15) is 0 Å². The van der Waals surface area contributed by atoms with Gasteiger partial charge in [-0.25, -0.2) is 9.98 Å². The molecule has 0 aromatic rings. The lowest BCUT2D eigenvalue weighted by Gasteiger charge is -2.17. The Bertz CT molecular complexity index is 676. The maximum Gasteiger partial charge on any atom is 0.224 e. The fourth-order valence-electron chi connectivity index (χ4n) is 3.11. The predicted molar refractivity (Wildman–Crippen MR) is 97.5 cm³/mol. The fraction of sp³-hybridized carbons (Fsp3) is 0.650. The molecule has 0 bridgehead atoms. The Morgan fingerprint density at radius 2 is 1.54 bits per heavy atom. The van der Waals surface area contributed by atoms with E-state index >= 15 is 0 Å². The second kappa shape index (κ2) is 6.60. The number of aliphatic imine (C=N–C) groups is 2. The highest BCUT2D eigenvalue weighted by molar-refractivity contribution is 6.02. The van der Waals surface area contributed by atoms with Gasteiger partial charge in [0.15, 0.2) is 0 Å². The summed E-state index contributed by atoms with van der Waals surface area (Å²) < 4.78 is 11.7. The fourth-order valence-corrected chi connectivity index (χ4v) is 3.11. The Kier molecular flexibility index (Phi) is 4.69. The van der Waals surface area contributed by atoms with E-state index in [1.165, 1.54) is 0 Å². The zero-order valence-corrected chi connectivity index (χ0v) is 15.6. The molecule has 0 aromatic carbocycles. The number of ether oxygens (including phenoxy) is 2. The molecule has 1 aliphatic carbocycles. The minimum absolute atomic E-state index is 0.232. The highest BCUT2D eigenvalue weighted by Crippen LogP contribution is 2.30. The molecule has 0 saturated carbocycles. The molecule has 0 fully saturated rings. The van der Waals surface area contributed by atoms with Crippen LogP contribution in [0.5, 0.6) is 0 Å². The molecule has 2 heterocycles. The molecule has 0 amide bonds. The maximum atomic E-state index is 5.87. The van der Waals surface area contributed by atoms with E-state index < -0.39 is 0 Å². The van der Waals surface area contributed by atoms with Crippen molar-refractivity contribution in [2.24, 2.45) is 27.7 Å². The molecule has 0 N–H and O–H groups in total. The summed E-state index contributed by atoms with van der Waals surface area (Å²) in [5.74, 6) is 2.65. The van der Waals surface area contributed by atoms with E-state index in [-0.39, 0.29) is 18.0 Å². The van der Waals surface area contributed by atoms with Gasteiger partial charge in [0.05, 0.1) is 23.2 Å². The first-order chi connectivity index (χ1) is 11.4. The van der Waals surface area contributed by atoms with Crippen molar-refractivity contribution in [3.05, 3.63) is 28.5 Å². The van der Waals surface area contributed by atoms with Crippen molar-refractivity contribution in [1.29, 1.82) is 0 Å². The maximum absolute atomic E-state index is 5.87. The Labute approximate surface area is 145 Å². The summed E-state index contributed by atoms with van der Waals surface area (Å²) >= 11 is 0. The van der Waals surface area contributed by atoms with E-state index in [1.807, 2.05) is 0 Å². The third kappa shape index (κ3) is 3.21. The molecule has 3 aliphatic rings. The van der Waals surface area contributed by atoms with Crippen molar-refractivity contribution in [2.75, 3.05) is 13.2 Å². The van der Waals surface area contributed by atoms with Crippen molar-refractivity contribution in [3.8, 4) is 0 Å². The molecule has 130 valence electrons. The van der Waals surface area contributed by atoms with Gasteiger partial charge in [0.2, 0.25) is 11.8 Å². The number of allylic oxidation sites excluding steroid dienone is 1. The molecule has 3 atom stereocenters. The Morgan fingerprint density at radius 3 is 2.08 bits per heavy atom. The quantitative estimate of drug-likeness (QED) is 0.734. The van der Waals surface area contributed by atoms with E-state index in [4.69, 9.17) is 19.5 Å². The van der Waals surface area contributed by atoms with Gasteiger partial charge in [-0.3, -0.25) is 0 Å². The van der Waals surface area contributed by atoms with Crippen molar-refractivity contribution in [1.82, 2.24) is 0 Å². The normalized spacial score (nSPS) is 29.7. The van der Waals surface area contributed by atoms with Crippen molar-refractivity contribution >= 4 is 11.8 Å². The molecule has 0 radical (unpaired) electrons. The lowest BCUT2D eigenvalue weighted by atomic mass is 9.90. The molecule has 1 unspecified atom stereocenters. The van der Waals surface area contributed by atoms with Gasteiger partial charge < -0.3 is 9.47 Å². The minimum atomic E-state index is 0.232. The van der Waals surface area contributed by atoms with Crippen LogP contribution >= 0.6 is 0 Å². The molecular formula is C20H28N2O2. The summed E-state index contributed by atoms with van der Waals surface area (Å²) in [6.45, 7) is 14.3. The largest absolute Gasteiger partial charge is 0.475 e. The van der Waals surface area contributed by atoms with Gasteiger partial charge in [-0.15, -0.1) is 0 Å². The first-order valence-corrected chi connectivity index (χ1v) is 8.98. The van der Waals surface area contributed by atoms with Crippen LogP contribution in [0.2, 0.25) is 0 Å². The van der Waals surface area contributed by atoms with Crippen molar-refractivity contribution < 1.29 is 9.47 Å². The van der Waals surface area contributed by atoms with Gasteiger partial charge in [0, 0.05) is 5.92 Å². The Hall–Kier alpha value is -1.80. The van der Waals surface area contributed by atoms with Crippen LogP contribution in [0.3, 0.4) is 0 Å². The average Bonchev–Trinajstić information content (AvgIpc) is 3.16. The van der Waals surface area contributed by atoms with E-state index in [0.29, 0.717) is 30.9 Å². The predicted octanol–water partition coefficient (Wildman–Crippen LogP) is 3.94. The molecule has 4 heteroatoms. The third-order valence-corrected chi connectivity index (χ3v) is 4.94. The minimum Gasteiger partial charge on any atom is -0.475 e. The second-order valence-corrected chi connectivity index (χ2v) is 7.67. The van der Waals surface area contributed by atoms with E-state index in [1.54, 1.807) is 0 Å². The summed E-state index contributed by atoms with van der Waals surface area (Å²) in [6, 6.07) is 0.470.